The molecule has 0 bridgehead atoms. The van der Waals surface area contributed by atoms with Gasteiger partial charge in [-0.1, -0.05) is 24.3 Å². The first-order chi connectivity index (χ1) is 16.0. The van der Waals surface area contributed by atoms with Crippen molar-refractivity contribution in [2.75, 3.05) is 12.3 Å². The molecule has 2 heterocycles. The van der Waals surface area contributed by atoms with Crippen molar-refractivity contribution in [2.45, 2.75) is 31.8 Å². The summed E-state index contributed by atoms with van der Waals surface area (Å²) in [5.74, 6) is 0.928. The van der Waals surface area contributed by atoms with E-state index in [-0.39, 0.29) is 11.8 Å². The second kappa shape index (κ2) is 10.4. The Labute approximate surface area is 197 Å². The third-order valence-electron chi connectivity index (χ3n) is 5.56. The topological polar surface area (TPSA) is 76.3 Å². The largest absolute Gasteiger partial charge is 0.467 e. The van der Waals surface area contributed by atoms with Crippen molar-refractivity contribution in [3.8, 4) is 0 Å². The summed E-state index contributed by atoms with van der Waals surface area (Å²) in [6, 6.07) is 17.5. The van der Waals surface area contributed by atoms with E-state index in [4.69, 9.17) is 4.42 Å². The Morgan fingerprint density at radius 2 is 1.85 bits per heavy atom. The van der Waals surface area contributed by atoms with Crippen molar-refractivity contribution in [3.05, 3.63) is 89.5 Å². The van der Waals surface area contributed by atoms with E-state index in [9.17, 15) is 9.59 Å². The molecule has 0 aliphatic carbocycles. The molecule has 170 valence electrons. The molecule has 0 aliphatic heterocycles. The molecule has 0 fully saturated rings. The van der Waals surface area contributed by atoms with Gasteiger partial charge >= 0.3 is 0 Å². The normalized spacial score (nSPS) is 11.0. The van der Waals surface area contributed by atoms with Gasteiger partial charge in [0.05, 0.1) is 18.6 Å². The second-order valence-electron chi connectivity index (χ2n) is 7.90. The summed E-state index contributed by atoms with van der Waals surface area (Å²) in [4.78, 5) is 25.8. The number of furan rings is 1. The first kappa shape index (κ1) is 22.7. The van der Waals surface area contributed by atoms with Gasteiger partial charge in [-0.3, -0.25) is 9.59 Å². The molecule has 4 rings (SSSR count). The first-order valence-corrected chi connectivity index (χ1v) is 11.8. The summed E-state index contributed by atoms with van der Waals surface area (Å²) < 4.78 is 7.37. The maximum atomic E-state index is 12.5. The van der Waals surface area contributed by atoms with E-state index in [0.29, 0.717) is 31.0 Å². The third-order valence-corrected chi connectivity index (χ3v) is 6.60. The molecule has 0 spiro atoms. The average molecular weight is 462 g/mol. The number of carbonyl (C=O) groups is 2. The van der Waals surface area contributed by atoms with Crippen LogP contribution in [0.1, 0.15) is 27.2 Å². The van der Waals surface area contributed by atoms with Crippen LogP contribution in [0.5, 0.6) is 0 Å². The number of nitrogens with one attached hydrogen (secondary N) is 2. The van der Waals surface area contributed by atoms with Crippen LogP contribution in [0.2, 0.25) is 0 Å². The maximum absolute atomic E-state index is 12.5. The Morgan fingerprint density at radius 1 is 1.00 bits per heavy atom. The Kier molecular flexibility index (Phi) is 7.19. The molecule has 0 atom stereocenters. The molecule has 0 saturated carbocycles. The highest BCUT2D eigenvalue weighted by Gasteiger charge is 2.12. The number of hydrogen-bond donors (Lipinski definition) is 2. The SMILES string of the molecule is Cc1ccc(C(=O)NCCn2cc(SCC(=O)NCc3ccco3)c3ccccc32)cc1C. The van der Waals surface area contributed by atoms with Crippen molar-refractivity contribution in [3.63, 3.8) is 0 Å². The van der Waals surface area contributed by atoms with Crippen molar-refractivity contribution in [2.24, 2.45) is 0 Å². The number of nitrogens with zero attached hydrogens (tertiary/aromatic N) is 1. The maximum Gasteiger partial charge on any atom is 0.251 e. The van der Waals surface area contributed by atoms with Gasteiger partial charge < -0.3 is 19.6 Å². The van der Waals surface area contributed by atoms with Gasteiger partial charge in [-0.2, -0.15) is 0 Å². The van der Waals surface area contributed by atoms with Crippen molar-refractivity contribution < 1.29 is 14.0 Å². The highest BCUT2D eigenvalue weighted by molar-refractivity contribution is 8.00. The van der Waals surface area contributed by atoms with Gasteiger partial charge in [0.15, 0.2) is 0 Å². The number of amides is 2. The molecule has 0 unspecified atom stereocenters. The number of para-hydroxylation sites is 1. The molecule has 2 aromatic heterocycles. The Morgan fingerprint density at radius 3 is 2.64 bits per heavy atom. The average Bonchev–Trinajstić information content (AvgIpc) is 3.46. The van der Waals surface area contributed by atoms with Crippen LogP contribution in [0, 0.1) is 13.8 Å². The van der Waals surface area contributed by atoms with E-state index in [1.54, 1.807) is 12.3 Å². The minimum atomic E-state index is -0.0719. The van der Waals surface area contributed by atoms with Gasteiger partial charge in [-0.05, 0) is 55.3 Å². The number of benzene rings is 2. The predicted molar refractivity (Wildman–Crippen MR) is 131 cm³/mol. The molecular weight excluding hydrogens is 434 g/mol. The number of rotatable bonds is 9. The molecule has 4 aromatic rings. The summed E-state index contributed by atoms with van der Waals surface area (Å²) in [5.41, 5.74) is 4.03. The van der Waals surface area contributed by atoms with E-state index in [1.807, 2.05) is 50.2 Å². The molecular formula is C26H27N3O3S. The van der Waals surface area contributed by atoms with E-state index in [2.05, 4.69) is 33.5 Å². The number of fused-ring (bicyclic) bond motifs is 1. The lowest BCUT2D eigenvalue weighted by molar-refractivity contribution is -0.118. The number of aromatic nitrogens is 1. The van der Waals surface area contributed by atoms with Crippen molar-refractivity contribution in [1.82, 2.24) is 15.2 Å². The quantitative estimate of drug-likeness (QED) is 0.355. The molecule has 7 heteroatoms. The van der Waals surface area contributed by atoms with Gasteiger partial charge in [0.25, 0.3) is 5.91 Å². The van der Waals surface area contributed by atoms with Gasteiger partial charge in [0.1, 0.15) is 5.76 Å². The number of hydrogen-bond acceptors (Lipinski definition) is 4. The minimum Gasteiger partial charge on any atom is -0.467 e. The number of carbonyl (C=O) groups excluding carboxylic acids is 2. The number of aryl methyl sites for hydroxylation is 2. The zero-order valence-electron chi connectivity index (χ0n) is 18.8. The van der Waals surface area contributed by atoms with Crippen LogP contribution in [-0.4, -0.2) is 28.7 Å². The van der Waals surface area contributed by atoms with Crippen molar-refractivity contribution in [1.29, 1.82) is 0 Å². The Balaban J connectivity index is 1.35. The monoisotopic (exact) mass is 461 g/mol. The summed E-state index contributed by atoms with van der Waals surface area (Å²) in [6.45, 7) is 5.58. The van der Waals surface area contributed by atoms with Gasteiger partial charge in [0, 0.05) is 40.6 Å². The molecule has 0 saturated heterocycles. The standard InChI is InChI=1S/C26H27N3O3S/c1-18-9-10-20(14-19(18)2)26(31)27-11-12-29-16-24(22-7-3-4-8-23(22)29)33-17-25(30)28-15-21-6-5-13-32-21/h3-10,13-14,16H,11-12,15,17H2,1-2H3,(H,27,31)(H,28,30). The van der Waals surface area contributed by atoms with Crippen LogP contribution in [0.25, 0.3) is 10.9 Å². The van der Waals surface area contributed by atoms with E-state index in [1.165, 1.54) is 17.3 Å². The van der Waals surface area contributed by atoms with E-state index >= 15 is 0 Å². The molecule has 2 amide bonds. The van der Waals surface area contributed by atoms with Crippen molar-refractivity contribution >= 4 is 34.5 Å². The summed E-state index contributed by atoms with van der Waals surface area (Å²) in [7, 11) is 0. The Bertz CT molecular complexity index is 1260. The van der Waals surface area contributed by atoms with Gasteiger partial charge in [-0.25, -0.2) is 0 Å². The Hall–Kier alpha value is -3.45. The second-order valence-corrected chi connectivity index (χ2v) is 8.92. The van der Waals surface area contributed by atoms with Crippen LogP contribution < -0.4 is 10.6 Å². The first-order valence-electron chi connectivity index (χ1n) is 10.9. The van der Waals surface area contributed by atoms with Gasteiger partial charge in [0.2, 0.25) is 5.91 Å². The molecule has 2 N–H and O–H groups in total. The summed E-state index contributed by atoms with van der Waals surface area (Å²) in [5, 5.41) is 6.98. The molecule has 0 radical (unpaired) electrons. The fraction of sp³-hybridized carbons (Fsp3) is 0.231. The minimum absolute atomic E-state index is 0.0473. The molecule has 2 aromatic carbocycles. The van der Waals surface area contributed by atoms with E-state index in [0.717, 1.165) is 27.1 Å². The van der Waals surface area contributed by atoms with Gasteiger partial charge in [-0.15, -0.1) is 11.8 Å². The lowest BCUT2D eigenvalue weighted by Gasteiger charge is -2.09. The lowest BCUT2D eigenvalue weighted by atomic mass is 10.1. The van der Waals surface area contributed by atoms with Crippen LogP contribution in [-0.2, 0) is 17.9 Å². The molecule has 0 aliphatic rings. The lowest BCUT2D eigenvalue weighted by Crippen LogP contribution is -2.27. The van der Waals surface area contributed by atoms with Crippen LogP contribution in [0.3, 0.4) is 0 Å². The summed E-state index contributed by atoms with van der Waals surface area (Å²) in [6.07, 6.45) is 3.65. The smallest absolute Gasteiger partial charge is 0.251 e. The van der Waals surface area contributed by atoms with Crippen LogP contribution in [0.4, 0.5) is 0 Å². The highest BCUT2D eigenvalue weighted by atomic mass is 32.2. The number of thioether (sulfide) groups is 1. The predicted octanol–water partition coefficient (Wildman–Crippen LogP) is 4.69. The van der Waals surface area contributed by atoms with Crippen LogP contribution in [0.15, 0.2) is 76.4 Å². The summed E-state index contributed by atoms with van der Waals surface area (Å²) >= 11 is 1.50. The zero-order chi connectivity index (χ0) is 23.2. The zero-order valence-corrected chi connectivity index (χ0v) is 19.6. The third kappa shape index (κ3) is 5.68. The molecule has 33 heavy (non-hydrogen) atoms. The van der Waals surface area contributed by atoms with Crippen LogP contribution >= 0.6 is 11.8 Å². The molecule has 6 nitrogen and oxygen atoms in total. The van der Waals surface area contributed by atoms with E-state index < -0.39 is 0 Å². The fourth-order valence-corrected chi connectivity index (χ4v) is 4.50. The highest BCUT2D eigenvalue weighted by Crippen LogP contribution is 2.29. The fourth-order valence-electron chi connectivity index (χ4n) is 3.58.